The Morgan fingerprint density at radius 3 is 2.38 bits per heavy atom. The molecule has 88 valence electrons. The maximum Gasteiger partial charge on any atom is 0.246 e. The molecule has 0 bridgehead atoms. The number of carbonyl (C=O) groups excluding carboxylic acids is 3. The topological polar surface area (TPSA) is 78.5 Å². The number of piperazine rings is 1. The molecule has 0 aromatic heterocycles. The first-order chi connectivity index (χ1) is 7.58. The molecule has 2 atom stereocenters. The Morgan fingerprint density at radius 1 is 1.25 bits per heavy atom. The summed E-state index contributed by atoms with van der Waals surface area (Å²) in [4.78, 5) is 35.7. The Hall–Kier alpha value is -1.43. The van der Waals surface area contributed by atoms with E-state index >= 15 is 0 Å². The summed E-state index contributed by atoms with van der Waals surface area (Å²) in [6.45, 7) is 3.42. The molecule has 2 N–H and O–H groups in total. The van der Waals surface area contributed by atoms with Crippen LogP contribution in [0.15, 0.2) is 0 Å². The second kappa shape index (κ2) is 4.21. The summed E-state index contributed by atoms with van der Waals surface area (Å²) in [6.07, 6.45) is 0. The molecule has 0 unspecified atom stereocenters. The molecular formula is C10H15N3O3. The number of nitrogens with one attached hydrogen (secondary N) is 2. The van der Waals surface area contributed by atoms with Crippen molar-refractivity contribution in [1.29, 1.82) is 0 Å². The third-order valence-electron chi connectivity index (χ3n) is 3.09. The van der Waals surface area contributed by atoms with Gasteiger partial charge in [-0.25, -0.2) is 0 Å². The summed E-state index contributed by atoms with van der Waals surface area (Å²) < 4.78 is 0. The van der Waals surface area contributed by atoms with Crippen LogP contribution in [0.3, 0.4) is 0 Å². The SMILES string of the molecule is C[C@@H]1CNC[C@H]1C(=O)N1CC(=O)NC(=O)C1. The average molecular weight is 225 g/mol. The van der Waals surface area contributed by atoms with Crippen LogP contribution >= 0.6 is 0 Å². The first kappa shape index (κ1) is 11.1. The fourth-order valence-electron chi connectivity index (χ4n) is 2.17. The molecule has 2 rings (SSSR count). The van der Waals surface area contributed by atoms with Gasteiger partial charge in [0.1, 0.15) is 13.1 Å². The largest absolute Gasteiger partial charge is 0.324 e. The summed E-state index contributed by atoms with van der Waals surface area (Å²) in [5, 5.41) is 5.31. The predicted octanol–water partition coefficient (Wildman–Crippen LogP) is -1.67. The van der Waals surface area contributed by atoms with Crippen LogP contribution in [0.25, 0.3) is 0 Å². The van der Waals surface area contributed by atoms with Crippen LogP contribution in [-0.4, -0.2) is 48.8 Å². The molecule has 0 radical (unpaired) electrons. The van der Waals surface area contributed by atoms with Gasteiger partial charge in [0.2, 0.25) is 17.7 Å². The van der Waals surface area contributed by atoms with Crippen LogP contribution in [0.5, 0.6) is 0 Å². The minimum atomic E-state index is -0.400. The smallest absolute Gasteiger partial charge is 0.246 e. The van der Waals surface area contributed by atoms with Crippen molar-refractivity contribution in [2.45, 2.75) is 6.92 Å². The van der Waals surface area contributed by atoms with Gasteiger partial charge >= 0.3 is 0 Å². The number of hydrogen-bond acceptors (Lipinski definition) is 4. The molecule has 0 saturated carbocycles. The van der Waals surface area contributed by atoms with Gasteiger partial charge in [0.25, 0.3) is 0 Å². The minimum Gasteiger partial charge on any atom is -0.324 e. The average Bonchev–Trinajstić information content (AvgIpc) is 2.62. The Labute approximate surface area is 93.4 Å². The molecule has 6 heteroatoms. The summed E-state index contributed by atoms with van der Waals surface area (Å²) in [7, 11) is 0. The molecule has 2 aliphatic rings. The van der Waals surface area contributed by atoms with Crippen molar-refractivity contribution >= 4 is 17.7 Å². The number of hydrogen-bond donors (Lipinski definition) is 2. The van der Waals surface area contributed by atoms with E-state index in [4.69, 9.17) is 0 Å². The third-order valence-corrected chi connectivity index (χ3v) is 3.09. The Bertz CT molecular complexity index is 326. The summed E-state index contributed by atoms with van der Waals surface area (Å²) in [5.74, 6) is -0.751. The highest BCUT2D eigenvalue weighted by molar-refractivity contribution is 6.02. The zero-order chi connectivity index (χ0) is 11.7. The Morgan fingerprint density at radius 2 is 1.88 bits per heavy atom. The van der Waals surface area contributed by atoms with E-state index in [1.54, 1.807) is 0 Å². The second-order valence-electron chi connectivity index (χ2n) is 4.41. The minimum absolute atomic E-state index is 0.00616. The molecule has 0 aromatic carbocycles. The van der Waals surface area contributed by atoms with Gasteiger partial charge < -0.3 is 10.2 Å². The zero-order valence-corrected chi connectivity index (χ0v) is 9.16. The lowest BCUT2D eigenvalue weighted by atomic mass is 9.96. The molecule has 2 saturated heterocycles. The van der Waals surface area contributed by atoms with Crippen molar-refractivity contribution in [1.82, 2.24) is 15.5 Å². The van der Waals surface area contributed by atoms with Crippen molar-refractivity contribution in [2.24, 2.45) is 11.8 Å². The monoisotopic (exact) mass is 225 g/mol. The normalized spacial score (nSPS) is 30.4. The molecule has 16 heavy (non-hydrogen) atoms. The summed E-state index contributed by atoms with van der Waals surface area (Å²) >= 11 is 0. The van der Waals surface area contributed by atoms with E-state index in [1.165, 1.54) is 4.90 Å². The van der Waals surface area contributed by atoms with E-state index < -0.39 is 11.8 Å². The van der Waals surface area contributed by atoms with E-state index in [0.29, 0.717) is 6.54 Å². The van der Waals surface area contributed by atoms with Crippen LogP contribution < -0.4 is 10.6 Å². The molecule has 2 fully saturated rings. The molecular weight excluding hydrogens is 210 g/mol. The van der Waals surface area contributed by atoms with Gasteiger partial charge in [0.15, 0.2) is 0 Å². The third kappa shape index (κ3) is 2.06. The quantitative estimate of drug-likeness (QED) is 0.523. The maximum atomic E-state index is 12.1. The molecule has 0 aromatic rings. The zero-order valence-electron chi connectivity index (χ0n) is 9.16. The summed E-state index contributed by atoms with van der Waals surface area (Å²) in [5.41, 5.74) is 0. The van der Waals surface area contributed by atoms with E-state index in [1.807, 2.05) is 6.92 Å². The van der Waals surface area contributed by atoms with Gasteiger partial charge in [-0.2, -0.15) is 0 Å². The Balaban J connectivity index is 2.03. The van der Waals surface area contributed by atoms with Crippen molar-refractivity contribution in [3.8, 4) is 0 Å². The predicted molar refractivity (Wildman–Crippen MR) is 55.3 cm³/mol. The van der Waals surface area contributed by atoms with Gasteiger partial charge in [-0.3, -0.25) is 19.7 Å². The van der Waals surface area contributed by atoms with Crippen LogP contribution in [0.1, 0.15) is 6.92 Å². The van der Waals surface area contributed by atoms with Crippen LogP contribution in [0.2, 0.25) is 0 Å². The van der Waals surface area contributed by atoms with Crippen LogP contribution in [0.4, 0.5) is 0 Å². The first-order valence-corrected chi connectivity index (χ1v) is 5.40. The van der Waals surface area contributed by atoms with Crippen molar-refractivity contribution in [3.63, 3.8) is 0 Å². The van der Waals surface area contributed by atoms with Crippen LogP contribution in [-0.2, 0) is 14.4 Å². The van der Waals surface area contributed by atoms with E-state index in [2.05, 4.69) is 10.6 Å². The molecule has 6 nitrogen and oxygen atoms in total. The van der Waals surface area contributed by atoms with Gasteiger partial charge in [-0.1, -0.05) is 6.92 Å². The van der Waals surface area contributed by atoms with Gasteiger partial charge in [0.05, 0.1) is 5.92 Å². The highest BCUT2D eigenvalue weighted by Gasteiger charge is 2.35. The standard InChI is InChI=1S/C10H15N3O3/c1-6-2-11-3-7(6)10(16)13-4-8(14)12-9(15)5-13/h6-7,11H,2-5H2,1H3,(H,12,14,15)/t6-,7-/m1/s1. The molecule has 3 amide bonds. The number of carbonyl (C=O) groups is 3. The fraction of sp³-hybridized carbons (Fsp3) is 0.700. The van der Waals surface area contributed by atoms with Gasteiger partial charge in [-0.15, -0.1) is 0 Å². The van der Waals surface area contributed by atoms with Gasteiger partial charge in [0, 0.05) is 6.54 Å². The number of imide groups is 1. The lowest BCUT2D eigenvalue weighted by Crippen LogP contribution is -2.55. The number of amides is 3. The highest BCUT2D eigenvalue weighted by Crippen LogP contribution is 2.18. The highest BCUT2D eigenvalue weighted by atomic mass is 16.2. The van der Waals surface area contributed by atoms with Crippen molar-refractivity contribution < 1.29 is 14.4 Å². The lowest BCUT2D eigenvalue weighted by molar-refractivity contribution is -0.147. The fourth-order valence-corrected chi connectivity index (χ4v) is 2.17. The van der Waals surface area contributed by atoms with Gasteiger partial charge in [-0.05, 0) is 12.5 Å². The number of nitrogens with zero attached hydrogens (tertiary/aromatic N) is 1. The van der Waals surface area contributed by atoms with E-state index in [0.717, 1.165) is 6.54 Å². The lowest BCUT2D eigenvalue weighted by Gasteiger charge is -2.28. The second-order valence-corrected chi connectivity index (χ2v) is 4.41. The van der Waals surface area contributed by atoms with Crippen LogP contribution in [0, 0.1) is 11.8 Å². The van der Waals surface area contributed by atoms with E-state index in [-0.39, 0.29) is 30.8 Å². The Kier molecular flexibility index (Phi) is 2.91. The molecule has 0 spiro atoms. The van der Waals surface area contributed by atoms with E-state index in [9.17, 15) is 14.4 Å². The number of rotatable bonds is 1. The molecule has 0 aliphatic carbocycles. The first-order valence-electron chi connectivity index (χ1n) is 5.40. The molecule has 2 heterocycles. The van der Waals surface area contributed by atoms with Crippen molar-refractivity contribution in [2.75, 3.05) is 26.2 Å². The summed E-state index contributed by atoms with van der Waals surface area (Å²) in [6, 6.07) is 0. The molecule has 2 aliphatic heterocycles. The van der Waals surface area contributed by atoms with Crippen molar-refractivity contribution in [3.05, 3.63) is 0 Å². The maximum absolute atomic E-state index is 12.1.